The average Bonchev–Trinajstić information content (AvgIpc) is 2.44. The number of methoxy groups -OCH3 is 1. The van der Waals surface area contributed by atoms with Crippen LogP contribution < -0.4 is 15.8 Å². The summed E-state index contributed by atoms with van der Waals surface area (Å²) >= 11 is 5.99. The van der Waals surface area contributed by atoms with Crippen LogP contribution in [0.1, 0.15) is 17.2 Å². The van der Waals surface area contributed by atoms with Crippen LogP contribution in [0.15, 0.2) is 36.5 Å². The van der Waals surface area contributed by atoms with E-state index in [2.05, 4.69) is 10.3 Å². The van der Waals surface area contributed by atoms with Crippen molar-refractivity contribution in [3.63, 3.8) is 0 Å². The zero-order chi connectivity index (χ0) is 13.8. The Bertz CT molecular complexity index is 574. The molecule has 2 rings (SSSR count). The number of hydrogen-bond acceptors (Lipinski definition) is 4. The van der Waals surface area contributed by atoms with Crippen molar-refractivity contribution in [3.8, 4) is 5.75 Å². The van der Waals surface area contributed by atoms with Crippen LogP contribution in [-0.4, -0.2) is 19.1 Å². The van der Waals surface area contributed by atoms with E-state index in [9.17, 15) is 0 Å². The van der Waals surface area contributed by atoms with Gasteiger partial charge in [-0.2, -0.15) is 0 Å². The molecule has 2 aromatic rings. The summed E-state index contributed by atoms with van der Waals surface area (Å²) in [6.07, 6.45) is 1.54. The summed E-state index contributed by atoms with van der Waals surface area (Å²) in [5.74, 6) is 1.26. The Morgan fingerprint density at radius 2 is 2.16 bits per heavy atom. The van der Waals surface area contributed by atoms with Crippen molar-refractivity contribution >= 4 is 17.4 Å². The van der Waals surface area contributed by atoms with E-state index in [0.717, 1.165) is 16.9 Å². The summed E-state index contributed by atoms with van der Waals surface area (Å²) in [7, 11) is 3.51. The van der Waals surface area contributed by atoms with Crippen LogP contribution in [0.25, 0.3) is 0 Å². The summed E-state index contributed by atoms with van der Waals surface area (Å²) < 4.78 is 5.24. The summed E-state index contributed by atoms with van der Waals surface area (Å²) in [6, 6.07) is 9.54. The number of nitrogens with one attached hydrogen (secondary N) is 1. The average molecular weight is 278 g/mol. The van der Waals surface area contributed by atoms with Gasteiger partial charge in [-0.3, -0.25) is 0 Å². The fraction of sp³-hybridized carbons (Fsp3) is 0.214. The lowest BCUT2D eigenvalue weighted by molar-refractivity contribution is 0.414. The van der Waals surface area contributed by atoms with E-state index < -0.39 is 0 Å². The molecule has 19 heavy (non-hydrogen) atoms. The predicted molar refractivity (Wildman–Crippen MR) is 77.6 cm³/mol. The van der Waals surface area contributed by atoms with Crippen molar-refractivity contribution in [1.82, 2.24) is 10.3 Å². The van der Waals surface area contributed by atoms with Crippen LogP contribution in [-0.2, 0) is 0 Å². The van der Waals surface area contributed by atoms with Gasteiger partial charge in [-0.05, 0) is 30.8 Å². The van der Waals surface area contributed by atoms with Gasteiger partial charge in [0.1, 0.15) is 11.6 Å². The summed E-state index contributed by atoms with van der Waals surface area (Å²) in [4.78, 5) is 4.09. The molecular weight excluding hydrogens is 262 g/mol. The van der Waals surface area contributed by atoms with E-state index in [1.807, 2.05) is 37.4 Å². The Balaban J connectivity index is 2.46. The lowest BCUT2D eigenvalue weighted by Gasteiger charge is -2.19. The van der Waals surface area contributed by atoms with Crippen molar-refractivity contribution in [2.24, 2.45) is 0 Å². The van der Waals surface area contributed by atoms with Crippen LogP contribution in [0.5, 0.6) is 5.75 Å². The minimum Gasteiger partial charge on any atom is -0.497 e. The van der Waals surface area contributed by atoms with Crippen LogP contribution in [0, 0.1) is 0 Å². The molecule has 1 atom stereocenters. The third-order valence-corrected chi connectivity index (χ3v) is 3.15. The van der Waals surface area contributed by atoms with Gasteiger partial charge in [0.2, 0.25) is 0 Å². The number of ether oxygens (including phenoxy) is 1. The molecule has 4 nitrogen and oxygen atoms in total. The van der Waals surface area contributed by atoms with Gasteiger partial charge in [0.25, 0.3) is 0 Å². The van der Waals surface area contributed by atoms with Gasteiger partial charge in [-0.25, -0.2) is 4.98 Å². The van der Waals surface area contributed by atoms with Crippen LogP contribution in [0.2, 0.25) is 5.02 Å². The lowest BCUT2D eigenvalue weighted by atomic mass is 9.99. The maximum Gasteiger partial charge on any atom is 0.128 e. The quantitative estimate of drug-likeness (QED) is 0.902. The Kier molecular flexibility index (Phi) is 4.24. The Morgan fingerprint density at radius 3 is 2.84 bits per heavy atom. The highest BCUT2D eigenvalue weighted by Gasteiger charge is 2.16. The minimum absolute atomic E-state index is 0.0821. The molecule has 3 N–H and O–H groups in total. The number of nitrogens with zero attached hydrogens (tertiary/aromatic N) is 1. The molecule has 0 saturated carbocycles. The number of hydrogen-bond donors (Lipinski definition) is 2. The Hall–Kier alpha value is -1.78. The normalized spacial score (nSPS) is 12.2. The third kappa shape index (κ3) is 2.97. The van der Waals surface area contributed by atoms with Gasteiger partial charge >= 0.3 is 0 Å². The molecule has 0 aliphatic heterocycles. The molecule has 0 aliphatic rings. The molecule has 1 aromatic carbocycles. The van der Waals surface area contributed by atoms with E-state index in [-0.39, 0.29) is 6.04 Å². The van der Waals surface area contributed by atoms with Crippen molar-refractivity contribution in [3.05, 3.63) is 52.7 Å². The first-order chi connectivity index (χ1) is 9.15. The van der Waals surface area contributed by atoms with Crippen molar-refractivity contribution in [2.45, 2.75) is 6.04 Å². The molecule has 0 saturated heterocycles. The zero-order valence-corrected chi connectivity index (χ0v) is 11.6. The van der Waals surface area contributed by atoms with E-state index >= 15 is 0 Å². The number of halogens is 1. The first kappa shape index (κ1) is 13.6. The van der Waals surface area contributed by atoms with Gasteiger partial charge in [0, 0.05) is 11.8 Å². The second-order valence-corrected chi connectivity index (χ2v) is 4.56. The minimum atomic E-state index is -0.0821. The molecule has 1 unspecified atom stereocenters. The smallest absolute Gasteiger partial charge is 0.128 e. The number of benzene rings is 1. The maximum atomic E-state index is 5.99. The van der Waals surface area contributed by atoms with Gasteiger partial charge < -0.3 is 15.8 Å². The van der Waals surface area contributed by atoms with E-state index in [0.29, 0.717) is 10.8 Å². The third-order valence-electron chi connectivity index (χ3n) is 2.94. The standard InChI is InChI=1S/C14H16ClN3O/c1-17-13(9-4-3-5-11(6-9)19-2)12-7-10(15)8-18-14(12)16/h3-8,13,17H,1-2H3,(H2,16,18). The predicted octanol–water partition coefficient (Wildman–Crippen LogP) is 2.63. The van der Waals surface area contributed by atoms with Crippen molar-refractivity contribution < 1.29 is 4.74 Å². The monoisotopic (exact) mass is 277 g/mol. The molecule has 0 aliphatic carbocycles. The molecule has 1 aromatic heterocycles. The molecule has 5 heteroatoms. The molecule has 0 fully saturated rings. The Morgan fingerprint density at radius 1 is 1.37 bits per heavy atom. The first-order valence-electron chi connectivity index (χ1n) is 5.88. The summed E-state index contributed by atoms with van der Waals surface area (Å²) in [6.45, 7) is 0. The van der Waals surface area contributed by atoms with Crippen molar-refractivity contribution in [2.75, 3.05) is 19.9 Å². The number of aromatic nitrogens is 1. The second kappa shape index (κ2) is 5.91. The number of anilines is 1. The Labute approximate surface area is 117 Å². The topological polar surface area (TPSA) is 60.2 Å². The largest absolute Gasteiger partial charge is 0.497 e. The summed E-state index contributed by atoms with van der Waals surface area (Å²) in [5, 5.41) is 3.78. The SMILES string of the molecule is CNC(c1cccc(OC)c1)c1cc(Cl)cnc1N. The van der Waals surface area contributed by atoms with E-state index in [1.165, 1.54) is 0 Å². The van der Waals surface area contributed by atoms with Crippen LogP contribution in [0.4, 0.5) is 5.82 Å². The molecular formula is C14H16ClN3O. The highest BCUT2D eigenvalue weighted by Crippen LogP contribution is 2.29. The highest BCUT2D eigenvalue weighted by atomic mass is 35.5. The summed E-state index contributed by atoms with van der Waals surface area (Å²) in [5.41, 5.74) is 7.82. The molecule has 0 spiro atoms. The number of pyridine rings is 1. The molecule has 100 valence electrons. The number of nitrogens with two attached hydrogens (primary N) is 1. The molecule has 0 radical (unpaired) electrons. The maximum absolute atomic E-state index is 5.99. The van der Waals surface area contributed by atoms with Crippen LogP contribution in [0.3, 0.4) is 0 Å². The molecule has 0 bridgehead atoms. The van der Waals surface area contributed by atoms with Gasteiger partial charge in [-0.15, -0.1) is 0 Å². The number of rotatable bonds is 4. The number of nitrogen functional groups attached to an aromatic ring is 1. The van der Waals surface area contributed by atoms with Crippen LogP contribution >= 0.6 is 11.6 Å². The first-order valence-corrected chi connectivity index (χ1v) is 6.25. The van der Waals surface area contributed by atoms with Gasteiger partial charge in [0.05, 0.1) is 18.2 Å². The van der Waals surface area contributed by atoms with Gasteiger partial charge in [-0.1, -0.05) is 23.7 Å². The highest BCUT2D eigenvalue weighted by molar-refractivity contribution is 6.30. The van der Waals surface area contributed by atoms with E-state index in [1.54, 1.807) is 13.3 Å². The second-order valence-electron chi connectivity index (χ2n) is 4.13. The fourth-order valence-electron chi connectivity index (χ4n) is 2.02. The molecule has 1 heterocycles. The van der Waals surface area contributed by atoms with E-state index in [4.69, 9.17) is 22.1 Å². The van der Waals surface area contributed by atoms with Gasteiger partial charge in [0.15, 0.2) is 0 Å². The lowest BCUT2D eigenvalue weighted by Crippen LogP contribution is -2.19. The van der Waals surface area contributed by atoms with Crippen molar-refractivity contribution in [1.29, 1.82) is 0 Å². The zero-order valence-electron chi connectivity index (χ0n) is 10.9. The fourth-order valence-corrected chi connectivity index (χ4v) is 2.19. The molecule has 0 amide bonds.